The molecule has 0 fully saturated rings. The molecule has 1 aromatic carbocycles. The Morgan fingerprint density at radius 1 is 1.43 bits per heavy atom. The molecule has 0 heterocycles. The van der Waals surface area contributed by atoms with Crippen LogP contribution in [0.3, 0.4) is 0 Å². The molecule has 1 aromatic rings. The van der Waals surface area contributed by atoms with E-state index >= 15 is 0 Å². The van der Waals surface area contributed by atoms with Crippen molar-refractivity contribution in [3.8, 4) is 5.75 Å². The van der Waals surface area contributed by atoms with Crippen molar-refractivity contribution in [1.29, 1.82) is 0 Å². The third-order valence-corrected chi connectivity index (χ3v) is 1.96. The van der Waals surface area contributed by atoms with Crippen molar-refractivity contribution in [2.75, 3.05) is 0 Å². The summed E-state index contributed by atoms with van der Waals surface area (Å²) in [7, 11) is 0. The Morgan fingerprint density at radius 2 is 2.00 bits per heavy atom. The Kier molecular flexibility index (Phi) is 3.45. The molecule has 0 aromatic heterocycles. The molecule has 0 spiro atoms. The number of rotatable bonds is 3. The van der Waals surface area contributed by atoms with Gasteiger partial charge in [-0.2, -0.15) is 0 Å². The summed E-state index contributed by atoms with van der Waals surface area (Å²) < 4.78 is 0. The molecular formula is C10H14N2O2. The monoisotopic (exact) mass is 194 g/mol. The first-order valence-corrected chi connectivity index (χ1v) is 4.60. The van der Waals surface area contributed by atoms with E-state index in [-0.39, 0.29) is 11.8 Å². The normalized spacial score (nSPS) is 14.0. The van der Waals surface area contributed by atoms with Crippen LogP contribution < -0.4 is 0 Å². The molecule has 0 aliphatic carbocycles. The van der Waals surface area contributed by atoms with Crippen molar-refractivity contribution in [2.45, 2.75) is 26.3 Å². The van der Waals surface area contributed by atoms with Gasteiger partial charge < -0.3 is 10.3 Å². The molecule has 4 heteroatoms. The first-order chi connectivity index (χ1) is 6.63. The molecule has 0 aliphatic rings. The summed E-state index contributed by atoms with van der Waals surface area (Å²) >= 11 is 0. The van der Waals surface area contributed by atoms with Crippen molar-refractivity contribution < 1.29 is 9.97 Å². The SMILES string of the molecule is CCC(C)N=[N+]([O-])c1ccc(O)cc1. The van der Waals surface area contributed by atoms with Crippen LogP contribution in [0.5, 0.6) is 5.75 Å². The lowest BCUT2D eigenvalue weighted by atomic mass is 10.3. The predicted octanol–water partition coefficient (Wildman–Crippen LogP) is 2.78. The molecule has 0 amide bonds. The molecule has 0 aliphatic heterocycles. The van der Waals surface area contributed by atoms with Gasteiger partial charge in [0, 0.05) is 12.1 Å². The molecule has 0 bridgehead atoms. The summed E-state index contributed by atoms with van der Waals surface area (Å²) in [6.45, 7) is 3.85. The number of nitrogens with zero attached hydrogens (tertiary/aromatic N) is 2. The molecule has 4 nitrogen and oxygen atoms in total. The number of hydrogen-bond acceptors (Lipinski definition) is 3. The van der Waals surface area contributed by atoms with E-state index in [1.807, 2.05) is 13.8 Å². The molecule has 1 atom stereocenters. The average molecular weight is 194 g/mol. The van der Waals surface area contributed by atoms with Crippen LogP contribution in [0.2, 0.25) is 0 Å². The van der Waals surface area contributed by atoms with Crippen LogP contribution in [0.25, 0.3) is 0 Å². The minimum Gasteiger partial charge on any atom is -0.594 e. The number of phenolic OH excluding ortho intramolecular Hbond substituents is 1. The van der Waals surface area contributed by atoms with Crippen LogP contribution >= 0.6 is 0 Å². The molecule has 0 radical (unpaired) electrons. The number of phenols is 1. The van der Waals surface area contributed by atoms with Gasteiger partial charge in [-0.3, -0.25) is 0 Å². The second kappa shape index (κ2) is 4.60. The average Bonchev–Trinajstić information content (AvgIpc) is 2.18. The van der Waals surface area contributed by atoms with Gasteiger partial charge in [-0.15, -0.1) is 0 Å². The second-order valence-corrected chi connectivity index (χ2v) is 3.16. The lowest BCUT2D eigenvalue weighted by Crippen LogP contribution is -2.01. The van der Waals surface area contributed by atoms with Gasteiger partial charge in [0.25, 0.3) is 0 Å². The zero-order chi connectivity index (χ0) is 10.6. The maximum absolute atomic E-state index is 11.4. The molecule has 76 valence electrons. The quantitative estimate of drug-likeness (QED) is 0.457. The maximum atomic E-state index is 11.4. The van der Waals surface area contributed by atoms with E-state index in [4.69, 9.17) is 5.11 Å². The van der Waals surface area contributed by atoms with E-state index in [9.17, 15) is 5.21 Å². The van der Waals surface area contributed by atoms with Crippen LogP contribution in [-0.2, 0) is 0 Å². The highest BCUT2D eigenvalue weighted by Crippen LogP contribution is 2.16. The van der Waals surface area contributed by atoms with Gasteiger partial charge in [-0.05, 0) is 30.6 Å². The lowest BCUT2D eigenvalue weighted by Gasteiger charge is -2.02. The summed E-state index contributed by atoms with van der Waals surface area (Å²) in [5.74, 6) is 0.144. The molecule has 1 N–H and O–H groups in total. The fourth-order valence-corrected chi connectivity index (χ4v) is 0.908. The van der Waals surface area contributed by atoms with Gasteiger partial charge >= 0.3 is 0 Å². The first-order valence-electron chi connectivity index (χ1n) is 4.60. The van der Waals surface area contributed by atoms with Gasteiger partial charge in [0.2, 0.25) is 5.69 Å². The van der Waals surface area contributed by atoms with Crippen LogP contribution in [0, 0.1) is 5.21 Å². The number of benzene rings is 1. The first kappa shape index (κ1) is 10.5. The van der Waals surface area contributed by atoms with Gasteiger partial charge in [0.1, 0.15) is 11.8 Å². The third-order valence-electron chi connectivity index (χ3n) is 1.96. The number of hydrogen-bond donors (Lipinski definition) is 1. The van der Waals surface area contributed by atoms with Crippen molar-refractivity contribution >= 4 is 5.69 Å². The number of aromatic hydroxyl groups is 1. The fourth-order valence-electron chi connectivity index (χ4n) is 0.908. The molecule has 0 saturated carbocycles. The van der Waals surface area contributed by atoms with Crippen LogP contribution in [0.4, 0.5) is 5.69 Å². The summed E-state index contributed by atoms with van der Waals surface area (Å²) in [4.78, 5) is 0.591. The third kappa shape index (κ3) is 2.73. The molecule has 1 rings (SSSR count). The minimum atomic E-state index is 0.0151. The lowest BCUT2D eigenvalue weighted by molar-refractivity contribution is -0.445. The Bertz CT molecular complexity index is 319. The Morgan fingerprint density at radius 3 is 2.50 bits per heavy atom. The van der Waals surface area contributed by atoms with Gasteiger partial charge in [-0.1, -0.05) is 11.8 Å². The summed E-state index contributed by atoms with van der Waals surface area (Å²) in [5, 5.41) is 24.3. The highest BCUT2D eigenvalue weighted by Gasteiger charge is 2.05. The molecule has 1 unspecified atom stereocenters. The van der Waals surface area contributed by atoms with E-state index in [0.29, 0.717) is 10.5 Å². The Balaban J connectivity index is 2.83. The van der Waals surface area contributed by atoms with Crippen molar-refractivity contribution in [3.05, 3.63) is 29.5 Å². The summed E-state index contributed by atoms with van der Waals surface area (Å²) in [6.07, 6.45) is 0.830. The molecule has 14 heavy (non-hydrogen) atoms. The van der Waals surface area contributed by atoms with E-state index in [2.05, 4.69) is 5.11 Å². The standard InChI is InChI=1S/C10H14N2O2/c1-3-8(2)11-12(14)9-4-6-10(13)7-5-9/h4-8,13H,3H2,1-2H3. The van der Waals surface area contributed by atoms with E-state index in [0.717, 1.165) is 6.42 Å². The predicted molar refractivity (Wildman–Crippen MR) is 53.6 cm³/mol. The second-order valence-electron chi connectivity index (χ2n) is 3.16. The topological polar surface area (TPSA) is 58.7 Å². The minimum absolute atomic E-state index is 0.0151. The molecule has 0 saturated heterocycles. The summed E-state index contributed by atoms with van der Waals surface area (Å²) in [6, 6.07) is 6.02. The van der Waals surface area contributed by atoms with E-state index < -0.39 is 0 Å². The zero-order valence-electron chi connectivity index (χ0n) is 8.34. The number of azo groups is 1. The smallest absolute Gasteiger partial charge is 0.244 e. The van der Waals surface area contributed by atoms with Crippen molar-refractivity contribution in [1.82, 2.24) is 0 Å². The fraction of sp³-hybridized carbons (Fsp3) is 0.400. The van der Waals surface area contributed by atoms with E-state index in [1.54, 1.807) is 0 Å². The highest BCUT2D eigenvalue weighted by atomic mass is 16.5. The summed E-state index contributed by atoms with van der Waals surface area (Å²) in [5.41, 5.74) is 0.433. The van der Waals surface area contributed by atoms with Crippen LogP contribution in [0.1, 0.15) is 20.3 Å². The van der Waals surface area contributed by atoms with Crippen molar-refractivity contribution in [2.24, 2.45) is 5.11 Å². The van der Waals surface area contributed by atoms with Gasteiger partial charge in [-0.25, -0.2) is 0 Å². The highest BCUT2D eigenvalue weighted by molar-refractivity contribution is 5.34. The van der Waals surface area contributed by atoms with Crippen molar-refractivity contribution in [3.63, 3.8) is 0 Å². The van der Waals surface area contributed by atoms with Crippen LogP contribution in [0.15, 0.2) is 29.4 Å². The zero-order valence-corrected chi connectivity index (χ0v) is 8.34. The Labute approximate surface area is 83.1 Å². The van der Waals surface area contributed by atoms with E-state index in [1.165, 1.54) is 24.3 Å². The van der Waals surface area contributed by atoms with Gasteiger partial charge in [0.15, 0.2) is 0 Å². The van der Waals surface area contributed by atoms with Crippen LogP contribution in [-0.4, -0.2) is 16.0 Å². The largest absolute Gasteiger partial charge is 0.594 e. The maximum Gasteiger partial charge on any atom is 0.244 e. The van der Waals surface area contributed by atoms with Gasteiger partial charge in [0.05, 0.1) is 0 Å². The Hall–Kier alpha value is -1.58. The molecular weight excluding hydrogens is 180 g/mol.